The molecule has 0 aliphatic heterocycles. The summed E-state index contributed by atoms with van der Waals surface area (Å²) >= 11 is 0. The van der Waals surface area contributed by atoms with E-state index in [-0.39, 0.29) is 11.9 Å². The molecule has 1 aliphatic carbocycles. The number of hydrogen-bond acceptors (Lipinski definition) is 3. The van der Waals surface area contributed by atoms with E-state index in [2.05, 4.69) is 25.5 Å². The SMILES string of the molecule is CC(NC(=O)c1n[nH]c2c1CCC2)c1nc2ccccc2[nH]1. The second-order valence-corrected chi connectivity index (χ2v) is 5.72. The first kappa shape index (κ1) is 13.1. The molecule has 1 aromatic carbocycles. The van der Waals surface area contributed by atoms with Gasteiger partial charge < -0.3 is 10.3 Å². The number of hydrogen-bond donors (Lipinski definition) is 3. The third kappa shape index (κ3) is 2.07. The molecule has 1 atom stereocenters. The highest BCUT2D eigenvalue weighted by Gasteiger charge is 2.24. The molecule has 3 aromatic rings. The number of nitrogens with one attached hydrogen (secondary N) is 3. The van der Waals surface area contributed by atoms with E-state index in [1.165, 1.54) is 0 Å². The number of aryl methyl sites for hydroxylation is 1. The number of aromatic nitrogens is 4. The van der Waals surface area contributed by atoms with Crippen molar-refractivity contribution in [1.82, 2.24) is 25.5 Å². The molecular weight excluding hydrogens is 278 g/mol. The van der Waals surface area contributed by atoms with Crippen LogP contribution in [0.1, 0.15) is 47.0 Å². The summed E-state index contributed by atoms with van der Waals surface area (Å²) in [4.78, 5) is 20.2. The van der Waals surface area contributed by atoms with Crippen molar-refractivity contribution < 1.29 is 4.79 Å². The molecule has 6 heteroatoms. The maximum Gasteiger partial charge on any atom is 0.272 e. The molecule has 0 fully saturated rings. The highest BCUT2D eigenvalue weighted by atomic mass is 16.2. The van der Waals surface area contributed by atoms with Gasteiger partial charge in [0.2, 0.25) is 0 Å². The molecule has 3 N–H and O–H groups in total. The summed E-state index contributed by atoms with van der Waals surface area (Å²) in [5.74, 6) is 0.606. The van der Waals surface area contributed by atoms with Gasteiger partial charge >= 0.3 is 0 Å². The normalized spacial score (nSPS) is 15.0. The summed E-state index contributed by atoms with van der Waals surface area (Å²) in [5.41, 5.74) is 4.56. The molecule has 0 saturated carbocycles. The maximum atomic E-state index is 12.4. The predicted octanol–water partition coefficient (Wildman–Crippen LogP) is 2.27. The summed E-state index contributed by atoms with van der Waals surface area (Å²) in [6.45, 7) is 1.92. The zero-order valence-electron chi connectivity index (χ0n) is 12.3. The van der Waals surface area contributed by atoms with E-state index in [9.17, 15) is 4.79 Å². The van der Waals surface area contributed by atoms with Crippen LogP contribution in [0.3, 0.4) is 0 Å². The first-order valence-electron chi connectivity index (χ1n) is 7.54. The highest BCUT2D eigenvalue weighted by Crippen LogP contribution is 2.23. The van der Waals surface area contributed by atoms with E-state index in [4.69, 9.17) is 0 Å². The van der Waals surface area contributed by atoms with E-state index in [0.717, 1.165) is 47.4 Å². The van der Waals surface area contributed by atoms with Gasteiger partial charge in [-0.2, -0.15) is 5.10 Å². The van der Waals surface area contributed by atoms with Crippen molar-refractivity contribution in [3.05, 3.63) is 47.0 Å². The van der Waals surface area contributed by atoms with Crippen LogP contribution in [0.2, 0.25) is 0 Å². The van der Waals surface area contributed by atoms with Gasteiger partial charge in [0, 0.05) is 11.3 Å². The van der Waals surface area contributed by atoms with Gasteiger partial charge in [0.05, 0.1) is 17.1 Å². The monoisotopic (exact) mass is 295 g/mol. The van der Waals surface area contributed by atoms with Crippen molar-refractivity contribution >= 4 is 16.9 Å². The number of fused-ring (bicyclic) bond motifs is 2. The van der Waals surface area contributed by atoms with Crippen LogP contribution in [-0.2, 0) is 12.8 Å². The number of aromatic amines is 2. The highest BCUT2D eigenvalue weighted by molar-refractivity contribution is 5.94. The molecule has 0 radical (unpaired) electrons. The third-order valence-corrected chi connectivity index (χ3v) is 4.19. The van der Waals surface area contributed by atoms with Crippen LogP contribution in [0.15, 0.2) is 24.3 Å². The largest absolute Gasteiger partial charge is 0.341 e. The number of rotatable bonds is 3. The van der Waals surface area contributed by atoms with Crippen molar-refractivity contribution in [3.63, 3.8) is 0 Å². The maximum absolute atomic E-state index is 12.4. The number of carbonyl (C=O) groups excluding carboxylic acids is 1. The quantitative estimate of drug-likeness (QED) is 0.692. The molecule has 0 spiro atoms. The van der Waals surface area contributed by atoms with Gasteiger partial charge in [-0.3, -0.25) is 9.89 Å². The van der Waals surface area contributed by atoms with Crippen molar-refractivity contribution in [2.75, 3.05) is 0 Å². The summed E-state index contributed by atoms with van der Waals surface area (Å²) in [7, 11) is 0. The number of H-pyrrole nitrogens is 2. The van der Waals surface area contributed by atoms with Crippen LogP contribution in [0.25, 0.3) is 11.0 Å². The van der Waals surface area contributed by atoms with Gasteiger partial charge in [0.1, 0.15) is 5.82 Å². The van der Waals surface area contributed by atoms with Gasteiger partial charge in [-0.25, -0.2) is 4.98 Å². The standard InChI is InChI=1S/C16H17N5O/c1-9(15-18-12-6-2-3-7-13(12)19-15)17-16(22)14-10-5-4-8-11(10)20-21-14/h2-3,6-7,9H,4-5,8H2,1H3,(H,17,22)(H,18,19)(H,20,21). The Morgan fingerprint density at radius 2 is 2.18 bits per heavy atom. The second kappa shape index (κ2) is 4.98. The number of benzene rings is 1. The lowest BCUT2D eigenvalue weighted by Gasteiger charge is -2.10. The molecule has 1 amide bonds. The minimum atomic E-state index is -0.200. The van der Waals surface area contributed by atoms with E-state index >= 15 is 0 Å². The zero-order chi connectivity index (χ0) is 15.1. The number of imidazole rings is 1. The Labute approximate surface area is 127 Å². The lowest BCUT2D eigenvalue weighted by atomic mass is 10.2. The van der Waals surface area contributed by atoms with Gasteiger partial charge in [-0.1, -0.05) is 12.1 Å². The van der Waals surface area contributed by atoms with Crippen molar-refractivity contribution in [2.24, 2.45) is 0 Å². The lowest BCUT2D eigenvalue weighted by Crippen LogP contribution is -2.28. The smallest absolute Gasteiger partial charge is 0.272 e. The number of carbonyl (C=O) groups is 1. The molecule has 2 aromatic heterocycles. The van der Waals surface area contributed by atoms with E-state index in [0.29, 0.717) is 5.69 Å². The van der Waals surface area contributed by atoms with Crippen LogP contribution in [0.4, 0.5) is 0 Å². The van der Waals surface area contributed by atoms with E-state index < -0.39 is 0 Å². The fourth-order valence-electron chi connectivity index (χ4n) is 3.02. The molecule has 112 valence electrons. The number of amides is 1. The van der Waals surface area contributed by atoms with Gasteiger partial charge in [0.15, 0.2) is 5.69 Å². The predicted molar refractivity (Wildman–Crippen MR) is 82.6 cm³/mol. The Balaban J connectivity index is 1.55. The minimum Gasteiger partial charge on any atom is -0.341 e. The van der Waals surface area contributed by atoms with Crippen LogP contribution < -0.4 is 5.32 Å². The van der Waals surface area contributed by atoms with Crippen LogP contribution in [-0.4, -0.2) is 26.1 Å². The van der Waals surface area contributed by atoms with Gasteiger partial charge in [0.25, 0.3) is 5.91 Å². The third-order valence-electron chi connectivity index (χ3n) is 4.19. The zero-order valence-corrected chi connectivity index (χ0v) is 12.3. The van der Waals surface area contributed by atoms with E-state index in [1.54, 1.807) is 0 Å². The Bertz CT molecular complexity index is 814. The first-order valence-corrected chi connectivity index (χ1v) is 7.54. The Morgan fingerprint density at radius 3 is 3.05 bits per heavy atom. The average molecular weight is 295 g/mol. The van der Waals surface area contributed by atoms with Crippen LogP contribution in [0, 0.1) is 0 Å². The Morgan fingerprint density at radius 1 is 1.32 bits per heavy atom. The van der Waals surface area contributed by atoms with Gasteiger partial charge in [-0.15, -0.1) is 0 Å². The van der Waals surface area contributed by atoms with Crippen LogP contribution >= 0.6 is 0 Å². The first-order chi connectivity index (χ1) is 10.7. The molecule has 4 rings (SSSR count). The summed E-state index contributed by atoms with van der Waals surface area (Å²) in [6, 6.07) is 7.63. The number of para-hydroxylation sites is 2. The average Bonchev–Trinajstić information content (AvgIpc) is 3.21. The fourth-order valence-corrected chi connectivity index (χ4v) is 3.02. The van der Waals surface area contributed by atoms with Crippen molar-refractivity contribution in [1.29, 1.82) is 0 Å². The van der Waals surface area contributed by atoms with Crippen LogP contribution in [0.5, 0.6) is 0 Å². The molecule has 22 heavy (non-hydrogen) atoms. The molecular formula is C16H17N5O. The van der Waals surface area contributed by atoms with E-state index in [1.807, 2.05) is 31.2 Å². The molecule has 6 nitrogen and oxygen atoms in total. The Kier molecular flexibility index (Phi) is 2.96. The summed E-state index contributed by atoms with van der Waals surface area (Å²) < 4.78 is 0. The molecule has 1 unspecified atom stereocenters. The lowest BCUT2D eigenvalue weighted by molar-refractivity contribution is 0.0932. The second-order valence-electron chi connectivity index (χ2n) is 5.72. The fraction of sp³-hybridized carbons (Fsp3) is 0.312. The topological polar surface area (TPSA) is 86.5 Å². The molecule has 0 bridgehead atoms. The molecule has 0 saturated heterocycles. The molecule has 1 aliphatic rings. The summed E-state index contributed by atoms with van der Waals surface area (Å²) in [6.07, 6.45) is 2.99. The van der Waals surface area contributed by atoms with Gasteiger partial charge in [-0.05, 0) is 38.3 Å². The summed E-state index contributed by atoms with van der Waals surface area (Å²) in [5, 5.41) is 10.1. The number of nitrogens with zero attached hydrogens (tertiary/aromatic N) is 2. The molecule has 2 heterocycles. The van der Waals surface area contributed by atoms with Crippen molar-refractivity contribution in [3.8, 4) is 0 Å². The minimum absolute atomic E-state index is 0.146. The Hall–Kier alpha value is -2.63. The van der Waals surface area contributed by atoms with Crippen molar-refractivity contribution in [2.45, 2.75) is 32.2 Å².